The van der Waals surface area contributed by atoms with Crippen molar-refractivity contribution in [3.05, 3.63) is 78.4 Å². The Morgan fingerprint density at radius 3 is 1.88 bits per heavy atom. The second kappa shape index (κ2) is 11.0. The maximum atomic E-state index is 14.3. The van der Waals surface area contributed by atoms with Gasteiger partial charge in [-0.1, -0.05) is 95.6 Å². The molecule has 2 aromatic rings. The predicted octanol–water partition coefficient (Wildman–Crippen LogP) is 7.54. The van der Waals surface area contributed by atoms with E-state index in [1.165, 1.54) is 6.08 Å². The number of hydrogen-bond acceptors (Lipinski definition) is 4. The topological polar surface area (TPSA) is 67.2 Å². The van der Waals surface area contributed by atoms with E-state index < -0.39 is 29.0 Å². The lowest BCUT2D eigenvalue weighted by Crippen LogP contribution is -2.54. The molecule has 0 aliphatic rings. The number of aryl methyl sites for hydroxylation is 1. The summed E-state index contributed by atoms with van der Waals surface area (Å²) in [6.45, 7) is 18.7. The normalized spacial score (nSPS) is 15.2. The molecule has 2 aromatic carbocycles. The first-order valence-electron chi connectivity index (χ1n) is 12.0. The number of rotatable bonds is 11. The molecule has 0 fully saturated rings. The third kappa shape index (κ3) is 4.93. The highest BCUT2D eigenvalue weighted by molar-refractivity contribution is 7.93. The van der Waals surface area contributed by atoms with Crippen molar-refractivity contribution in [1.29, 1.82) is 5.26 Å². The van der Waals surface area contributed by atoms with Gasteiger partial charge in [0, 0.05) is 6.42 Å². The van der Waals surface area contributed by atoms with E-state index >= 15 is 0 Å². The molecule has 0 amide bonds. The van der Waals surface area contributed by atoms with Crippen LogP contribution in [0.5, 0.6) is 0 Å². The molecule has 0 aliphatic carbocycles. The lowest BCUT2D eigenvalue weighted by Gasteiger charge is -2.47. The quantitative estimate of drug-likeness (QED) is 0.237. The lowest BCUT2D eigenvalue weighted by molar-refractivity contribution is 0.147. The van der Waals surface area contributed by atoms with Gasteiger partial charge in [-0.2, -0.15) is 5.26 Å². The summed E-state index contributed by atoms with van der Waals surface area (Å²) in [7, 11) is -6.69. The molecule has 34 heavy (non-hydrogen) atoms. The van der Waals surface area contributed by atoms with Gasteiger partial charge in [0.05, 0.1) is 11.0 Å². The van der Waals surface area contributed by atoms with Crippen molar-refractivity contribution in [2.24, 2.45) is 0 Å². The van der Waals surface area contributed by atoms with E-state index in [1.807, 2.05) is 37.3 Å². The van der Waals surface area contributed by atoms with Crippen LogP contribution in [0.4, 0.5) is 0 Å². The highest BCUT2D eigenvalue weighted by Gasteiger charge is 2.57. The second-order valence-corrected chi connectivity index (χ2v) is 17.7. The molecule has 2 atom stereocenters. The highest BCUT2D eigenvalue weighted by Crippen LogP contribution is 2.50. The number of benzene rings is 2. The molecule has 0 aliphatic heterocycles. The van der Waals surface area contributed by atoms with Crippen LogP contribution in [0.2, 0.25) is 16.6 Å². The first kappa shape index (κ1) is 28.0. The fourth-order valence-corrected chi connectivity index (χ4v) is 12.8. The van der Waals surface area contributed by atoms with Crippen LogP contribution >= 0.6 is 0 Å². The average Bonchev–Trinajstić information content (AvgIpc) is 2.78. The Bertz CT molecular complexity index is 1080. The van der Waals surface area contributed by atoms with E-state index in [0.717, 1.165) is 5.56 Å². The summed E-state index contributed by atoms with van der Waals surface area (Å²) in [6.07, 6.45) is 0.525. The molecule has 0 spiro atoms. The minimum absolute atomic E-state index is 0.0436. The molecule has 184 valence electrons. The largest absolute Gasteiger partial charge is 0.406 e. The van der Waals surface area contributed by atoms with Crippen molar-refractivity contribution in [1.82, 2.24) is 0 Å². The number of sulfone groups is 1. The van der Waals surface area contributed by atoms with Crippen molar-refractivity contribution in [3.8, 4) is 6.07 Å². The van der Waals surface area contributed by atoms with Crippen molar-refractivity contribution < 1.29 is 12.8 Å². The van der Waals surface area contributed by atoms with Crippen molar-refractivity contribution in [2.75, 3.05) is 0 Å². The molecule has 0 bridgehead atoms. The Morgan fingerprint density at radius 1 is 0.971 bits per heavy atom. The zero-order chi connectivity index (χ0) is 25.7. The van der Waals surface area contributed by atoms with Crippen LogP contribution < -0.4 is 0 Å². The van der Waals surface area contributed by atoms with E-state index in [0.29, 0.717) is 5.56 Å². The molecule has 0 N–H and O–H groups in total. The van der Waals surface area contributed by atoms with Gasteiger partial charge in [-0.15, -0.1) is 6.58 Å². The van der Waals surface area contributed by atoms with Gasteiger partial charge in [-0.3, -0.25) is 0 Å². The van der Waals surface area contributed by atoms with Crippen LogP contribution in [0.1, 0.15) is 65.2 Å². The molecule has 0 aromatic heterocycles. The molecule has 6 heteroatoms. The molecule has 2 unspecified atom stereocenters. The smallest absolute Gasteiger partial charge is 0.201 e. The van der Waals surface area contributed by atoms with Crippen LogP contribution in [0.3, 0.4) is 0 Å². The third-order valence-corrected chi connectivity index (χ3v) is 15.4. The van der Waals surface area contributed by atoms with E-state index in [2.05, 4.69) is 54.2 Å². The van der Waals surface area contributed by atoms with Crippen molar-refractivity contribution >= 4 is 18.2 Å². The monoisotopic (exact) mass is 497 g/mol. The Hall–Kier alpha value is -2.20. The summed E-state index contributed by atoms with van der Waals surface area (Å²) in [5, 5.41) is 10.7. The summed E-state index contributed by atoms with van der Waals surface area (Å²) in [5.74, 6) is 0. The predicted molar refractivity (Wildman–Crippen MR) is 143 cm³/mol. The molecular weight excluding hydrogens is 458 g/mol. The lowest BCUT2D eigenvalue weighted by atomic mass is 9.93. The van der Waals surface area contributed by atoms with Gasteiger partial charge in [0.25, 0.3) is 0 Å². The standard InChI is InChI=1S/C28H39NO3SSi/c1-9-19-28(20-29,33(30,31)26-17-15-24(8)16-18-26)27(25-13-11-10-12-14-25)32-34(21(2)3,22(4)5)23(6)7/h9-18,21-23,27H,1,19H2,2-8H3. The van der Waals surface area contributed by atoms with E-state index in [9.17, 15) is 13.7 Å². The van der Waals surface area contributed by atoms with Gasteiger partial charge in [-0.25, -0.2) is 8.42 Å². The summed E-state index contributed by atoms with van der Waals surface area (Å²) in [6, 6.07) is 18.3. The summed E-state index contributed by atoms with van der Waals surface area (Å²) in [5.41, 5.74) is 2.31. The number of nitrogens with zero attached hydrogens (tertiary/aromatic N) is 1. The second-order valence-electron chi connectivity index (χ2n) is 10.0. The Kier molecular flexibility index (Phi) is 9.09. The van der Waals surface area contributed by atoms with E-state index in [-0.39, 0.29) is 27.9 Å². The molecule has 0 radical (unpaired) electrons. The zero-order valence-electron chi connectivity index (χ0n) is 21.6. The first-order valence-corrected chi connectivity index (χ1v) is 15.6. The van der Waals surface area contributed by atoms with Gasteiger partial charge < -0.3 is 4.43 Å². The minimum atomic E-state index is -4.12. The van der Waals surface area contributed by atoms with E-state index in [1.54, 1.807) is 24.3 Å². The summed E-state index contributed by atoms with van der Waals surface area (Å²) >= 11 is 0. The Labute approximate surface area is 207 Å². The molecular formula is C28H39NO3SSi. The van der Waals surface area contributed by atoms with Crippen molar-refractivity contribution in [3.63, 3.8) is 0 Å². The fourth-order valence-electron chi connectivity index (χ4n) is 5.34. The summed E-state index contributed by atoms with van der Waals surface area (Å²) in [4.78, 5) is 0.122. The van der Waals surface area contributed by atoms with Gasteiger partial charge in [0.1, 0.15) is 6.10 Å². The summed E-state index contributed by atoms with van der Waals surface area (Å²) < 4.78 is 33.8. The molecule has 2 rings (SSSR count). The average molecular weight is 498 g/mol. The van der Waals surface area contributed by atoms with Gasteiger partial charge in [-0.05, 0) is 41.2 Å². The fraction of sp³-hybridized carbons (Fsp3) is 0.464. The molecule has 4 nitrogen and oxygen atoms in total. The van der Waals surface area contributed by atoms with Crippen LogP contribution in [0.25, 0.3) is 0 Å². The van der Waals surface area contributed by atoms with Gasteiger partial charge in [0.15, 0.2) is 4.75 Å². The van der Waals surface area contributed by atoms with Crippen LogP contribution in [-0.2, 0) is 14.3 Å². The van der Waals surface area contributed by atoms with Crippen LogP contribution in [0, 0.1) is 18.3 Å². The van der Waals surface area contributed by atoms with Gasteiger partial charge in [0.2, 0.25) is 18.2 Å². The minimum Gasteiger partial charge on any atom is -0.406 e. The number of nitriles is 1. The first-order chi connectivity index (χ1) is 15.9. The molecule has 0 saturated heterocycles. The van der Waals surface area contributed by atoms with Crippen LogP contribution in [-0.4, -0.2) is 21.5 Å². The highest BCUT2D eigenvalue weighted by atomic mass is 32.2. The zero-order valence-corrected chi connectivity index (χ0v) is 23.4. The Balaban J connectivity index is 2.91. The molecule has 0 saturated carbocycles. The maximum absolute atomic E-state index is 14.3. The number of hydrogen-bond donors (Lipinski definition) is 0. The molecule has 0 heterocycles. The van der Waals surface area contributed by atoms with Gasteiger partial charge >= 0.3 is 0 Å². The Morgan fingerprint density at radius 2 is 1.47 bits per heavy atom. The van der Waals surface area contributed by atoms with Crippen LogP contribution in [0.15, 0.2) is 72.1 Å². The maximum Gasteiger partial charge on any atom is 0.201 e. The SMILES string of the molecule is C=CCC(C#N)(C(O[Si](C(C)C)(C(C)C)C(C)C)c1ccccc1)S(=O)(=O)c1ccc(C)cc1. The van der Waals surface area contributed by atoms with E-state index in [4.69, 9.17) is 4.43 Å². The van der Waals surface area contributed by atoms with Crippen molar-refractivity contribution in [2.45, 2.75) is 87.3 Å². The third-order valence-electron chi connectivity index (χ3n) is 7.00. The number of allylic oxidation sites excluding steroid dienone is 1.